The Morgan fingerprint density at radius 3 is 2.55 bits per heavy atom. The molecule has 0 bridgehead atoms. The third-order valence-electron chi connectivity index (χ3n) is 3.17. The van der Waals surface area contributed by atoms with E-state index in [0.717, 1.165) is 16.7 Å². The third kappa shape index (κ3) is 3.05. The Morgan fingerprint density at radius 2 is 1.82 bits per heavy atom. The normalized spacial score (nSPS) is 10.7. The van der Waals surface area contributed by atoms with Crippen molar-refractivity contribution in [2.75, 3.05) is 0 Å². The number of H-pyrrole nitrogens is 1. The molecule has 1 N–H and O–H groups in total. The van der Waals surface area contributed by atoms with Crippen LogP contribution in [0.4, 0.5) is 0 Å². The zero-order valence-electron chi connectivity index (χ0n) is 11.5. The summed E-state index contributed by atoms with van der Waals surface area (Å²) in [6.45, 7) is 0. The fourth-order valence-corrected chi connectivity index (χ4v) is 2.27. The molecule has 0 aliphatic heterocycles. The van der Waals surface area contributed by atoms with Crippen molar-refractivity contribution in [3.05, 3.63) is 70.4 Å². The van der Waals surface area contributed by atoms with Crippen LogP contribution in [0, 0.1) is 11.3 Å². The number of hydrogen-bond acceptors (Lipinski definition) is 3. The van der Waals surface area contributed by atoms with Gasteiger partial charge < -0.3 is 0 Å². The first-order valence-corrected chi connectivity index (χ1v) is 6.99. The predicted octanol–water partition coefficient (Wildman–Crippen LogP) is 4.17. The average Bonchev–Trinajstić information content (AvgIpc) is 3.02. The van der Waals surface area contributed by atoms with Crippen molar-refractivity contribution in [2.24, 2.45) is 0 Å². The lowest BCUT2D eigenvalue weighted by Crippen LogP contribution is -1.83. The molecule has 0 atom stereocenters. The fraction of sp³-hybridized carbons (Fsp3) is 0. The first kappa shape index (κ1) is 14.1. The van der Waals surface area contributed by atoms with E-state index in [-0.39, 0.29) is 0 Å². The van der Waals surface area contributed by atoms with Gasteiger partial charge in [0.25, 0.3) is 0 Å². The monoisotopic (exact) mass is 306 g/mol. The molecule has 2 aromatic carbocycles. The second kappa shape index (κ2) is 6.25. The predicted molar refractivity (Wildman–Crippen MR) is 86.9 cm³/mol. The summed E-state index contributed by atoms with van der Waals surface area (Å²) in [6, 6.07) is 17.5. The molecule has 0 aliphatic rings. The van der Waals surface area contributed by atoms with Crippen molar-refractivity contribution >= 4 is 23.8 Å². The van der Waals surface area contributed by atoms with E-state index in [1.54, 1.807) is 0 Å². The summed E-state index contributed by atoms with van der Waals surface area (Å²) in [5.74, 6) is 0. The van der Waals surface area contributed by atoms with Crippen LogP contribution in [0.5, 0.6) is 0 Å². The van der Waals surface area contributed by atoms with Crippen molar-refractivity contribution in [1.29, 1.82) is 5.26 Å². The van der Waals surface area contributed by atoms with Crippen LogP contribution in [-0.2, 0) is 0 Å². The van der Waals surface area contributed by atoms with Gasteiger partial charge in [-0.1, -0.05) is 65.4 Å². The summed E-state index contributed by atoms with van der Waals surface area (Å²) in [5.41, 5.74) is 3.90. The molecule has 0 spiro atoms. The molecule has 3 rings (SSSR count). The molecule has 106 valence electrons. The smallest absolute Gasteiger partial charge is 0.190 e. The molecule has 3 aromatic rings. The summed E-state index contributed by atoms with van der Waals surface area (Å²) in [7, 11) is 0. The summed E-state index contributed by atoms with van der Waals surface area (Å²) in [6.07, 6.45) is 4.01. The number of aromatic amines is 1. The summed E-state index contributed by atoms with van der Waals surface area (Å²) in [4.78, 5) is 0. The Kier molecular flexibility index (Phi) is 3.99. The third-order valence-corrected chi connectivity index (χ3v) is 3.41. The zero-order valence-corrected chi connectivity index (χ0v) is 12.2. The lowest BCUT2D eigenvalue weighted by molar-refractivity contribution is 0.937. The van der Waals surface area contributed by atoms with Crippen LogP contribution in [0.25, 0.3) is 23.4 Å². The molecule has 1 aromatic heterocycles. The molecule has 4 nitrogen and oxygen atoms in total. The Hall–Kier alpha value is -2.90. The summed E-state index contributed by atoms with van der Waals surface area (Å²) < 4.78 is 0. The Morgan fingerprint density at radius 1 is 1.05 bits per heavy atom. The number of benzene rings is 2. The quantitative estimate of drug-likeness (QED) is 0.739. The number of nitrogens with one attached hydrogen (secondary N) is 1. The van der Waals surface area contributed by atoms with Gasteiger partial charge in [-0.2, -0.15) is 5.26 Å². The van der Waals surface area contributed by atoms with Gasteiger partial charge in [0.05, 0.1) is 0 Å². The highest BCUT2D eigenvalue weighted by Gasteiger charge is 2.07. The second-order valence-electron chi connectivity index (χ2n) is 4.66. The number of nitriles is 1. The molecule has 0 fully saturated rings. The molecule has 0 unspecified atom stereocenters. The van der Waals surface area contributed by atoms with Crippen molar-refractivity contribution in [3.8, 4) is 17.3 Å². The summed E-state index contributed by atoms with van der Waals surface area (Å²) >= 11 is 5.96. The van der Waals surface area contributed by atoms with Crippen LogP contribution in [0.3, 0.4) is 0 Å². The van der Waals surface area contributed by atoms with Crippen molar-refractivity contribution in [2.45, 2.75) is 0 Å². The number of hydrogen-bond donors (Lipinski definition) is 1. The second-order valence-corrected chi connectivity index (χ2v) is 5.09. The van der Waals surface area contributed by atoms with E-state index in [0.29, 0.717) is 16.4 Å². The molecule has 0 amide bonds. The minimum absolute atomic E-state index is 0.294. The van der Waals surface area contributed by atoms with Gasteiger partial charge in [-0.25, -0.2) is 0 Å². The standard InChI is InChI=1S/C17H11ClN4/c18-15-3-1-2-13(10-15)5-4-12-6-8-14(9-7-12)17-16(11-19)20-22-21-17/h1-10H,(H,20,21,22). The van der Waals surface area contributed by atoms with Crippen molar-refractivity contribution in [3.63, 3.8) is 0 Å². The van der Waals surface area contributed by atoms with E-state index in [1.165, 1.54) is 0 Å². The number of rotatable bonds is 3. The van der Waals surface area contributed by atoms with Gasteiger partial charge >= 0.3 is 0 Å². The van der Waals surface area contributed by atoms with Gasteiger partial charge in [-0.05, 0) is 23.3 Å². The Labute approximate surface area is 132 Å². The van der Waals surface area contributed by atoms with Gasteiger partial charge in [0, 0.05) is 10.6 Å². The molecular weight excluding hydrogens is 296 g/mol. The van der Waals surface area contributed by atoms with Crippen LogP contribution in [0.1, 0.15) is 16.8 Å². The van der Waals surface area contributed by atoms with Crippen LogP contribution >= 0.6 is 11.6 Å². The average molecular weight is 307 g/mol. The van der Waals surface area contributed by atoms with E-state index < -0.39 is 0 Å². The van der Waals surface area contributed by atoms with E-state index in [1.807, 2.05) is 66.8 Å². The fourth-order valence-electron chi connectivity index (χ4n) is 2.07. The van der Waals surface area contributed by atoms with Gasteiger partial charge in [-0.15, -0.1) is 5.10 Å². The van der Waals surface area contributed by atoms with Crippen LogP contribution < -0.4 is 0 Å². The lowest BCUT2D eigenvalue weighted by Gasteiger charge is -1.99. The minimum atomic E-state index is 0.294. The molecule has 0 saturated heterocycles. The van der Waals surface area contributed by atoms with Crippen LogP contribution in [0.2, 0.25) is 5.02 Å². The molecule has 0 saturated carbocycles. The van der Waals surface area contributed by atoms with Crippen LogP contribution in [0.15, 0.2) is 48.5 Å². The molecule has 1 heterocycles. The number of halogens is 1. The maximum absolute atomic E-state index is 8.96. The number of nitrogens with zero attached hydrogens (tertiary/aromatic N) is 3. The molecule has 0 radical (unpaired) electrons. The van der Waals surface area contributed by atoms with E-state index >= 15 is 0 Å². The lowest BCUT2D eigenvalue weighted by atomic mass is 10.1. The molecule has 0 aliphatic carbocycles. The Balaban J connectivity index is 1.82. The van der Waals surface area contributed by atoms with Gasteiger partial charge in [0.1, 0.15) is 11.8 Å². The van der Waals surface area contributed by atoms with E-state index in [4.69, 9.17) is 16.9 Å². The first-order chi connectivity index (χ1) is 10.8. The van der Waals surface area contributed by atoms with E-state index in [9.17, 15) is 0 Å². The first-order valence-electron chi connectivity index (χ1n) is 6.61. The van der Waals surface area contributed by atoms with Crippen LogP contribution in [-0.4, -0.2) is 15.4 Å². The highest BCUT2D eigenvalue weighted by atomic mass is 35.5. The Bertz CT molecular complexity index is 857. The maximum Gasteiger partial charge on any atom is 0.190 e. The minimum Gasteiger partial charge on any atom is -0.256 e. The number of aromatic nitrogens is 3. The maximum atomic E-state index is 8.96. The SMILES string of the molecule is N#Cc1nn[nH]c1-c1ccc(C=Cc2cccc(Cl)c2)cc1. The van der Waals surface area contributed by atoms with Gasteiger partial charge in [0.2, 0.25) is 0 Å². The zero-order chi connectivity index (χ0) is 15.4. The summed E-state index contributed by atoms with van der Waals surface area (Å²) in [5, 5.41) is 19.8. The topological polar surface area (TPSA) is 65.4 Å². The van der Waals surface area contributed by atoms with E-state index in [2.05, 4.69) is 15.4 Å². The van der Waals surface area contributed by atoms with Gasteiger partial charge in [0.15, 0.2) is 5.69 Å². The van der Waals surface area contributed by atoms with Crippen molar-refractivity contribution in [1.82, 2.24) is 15.4 Å². The van der Waals surface area contributed by atoms with Gasteiger partial charge in [-0.3, -0.25) is 5.10 Å². The largest absolute Gasteiger partial charge is 0.256 e. The highest BCUT2D eigenvalue weighted by Crippen LogP contribution is 2.20. The van der Waals surface area contributed by atoms with Crippen molar-refractivity contribution < 1.29 is 0 Å². The highest BCUT2D eigenvalue weighted by molar-refractivity contribution is 6.30. The molecular formula is C17H11ClN4. The molecule has 22 heavy (non-hydrogen) atoms. The molecule has 5 heteroatoms.